The summed E-state index contributed by atoms with van der Waals surface area (Å²) in [5.74, 6) is -0.764. The Labute approximate surface area is 115 Å². The minimum Gasteiger partial charge on any atom is -0.326 e. The molecule has 2 aromatic rings. The van der Waals surface area contributed by atoms with Crippen LogP contribution in [-0.2, 0) is 11.2 Å². The van der Waals surface area contributed by atoms with Gasteiger partial charge in [0.15, 0.2) is 0 Å². The zero-order valence-corrected chi connectivity index (χ0v) is 11.0. The summed E-state index contributed by atoms with van der Waals surface area (Å²) in [5.41, 5.74) is 1.76. The standard InChI is InChI=1S/C14H12ClFN2O/c1-9-6-12(4-5-17-9)18-14(19)7-10-2-3-11(15)8-13(10)16/h2-6,8H,7H2,1H3,(H,17,18,19). The van der Waals surface area contributed by atoms with E-state index >= 15 is 0 Å². The molecule has 0 aliphatic heterocycles. The average molecular weight is 279 g/mol. The number of amides is 1. The highest BCUT2D eigenvalue weighted by atomic mass is 35.5. The van der Waals surface area contributed by atoms with Gasteiger partial charge in [-0.25, -0.2) is 4.39 Å². The van der Waals surface area contributed by atoms with Crippen LogP contribution in [0.2, 0.25) is 5.02 Å². The Balaban J connectivity index is 2.05. The number of halogens is 2. The molecule has 0 bridgehead atoms. The van der Waals surface area contributed by atoms with E-state index in [0.717, 1.165) is 5.69 Å². The lowest BCUT2D eigenvalue weighted by Crippen LogP contribution is -2.15. The van der Waals surface area contributed by atoms with Crippen LogP contribution in [0.5, 0.6) is 0 Å². The van der Waals surface area contributed by atoms with E-state index in [2.05, 4.69) is 10.3 Å². The van der Waals surface area contributed by atoms with E-state index in [-0.39, 0.29) is 12.3 Å². The van der Waals surface area contributed by atoms with E-state index < -0.39 is 5.82 Å². The van der Waals surface area contributed by atoms with Crippen molar-refractivity contribution < 1.29 is 9.18 Å². The Kier molecular flexibility index (Phi) is 4.12. The number of hydrogen-bond donors (Lipinski definition) is 1. The third-order valence-electron chi connectivity index (χ3n) is 2.55. The Hall–Kier alpha value is -1.94. The van der Waals surface area contributed by atoms with Gasteiger partial charge in [-0.3, -0.25) is 9.78 Å². The van der Waals surface area contributed by atoms with Gasteiger partial charge in [-0.2, -0.15) is 0 Å². The second-order valence-electron chi connectivity index (χ2n) is 4.15. The Morgan fingerprint density at radius 2 is 2.16 bits per heavy atom. The van der Waals surface area contributed by atoms with E-state index in [1.807, 2.05) is 6.92 Å². The largest absolute Gasteiger partial charge is 0.326 e. The molecule has 1 amide bonds. The first kappa shape index (κ1) is 13.5. The van der Waals surface area contributed by atoms with Gasteiger partial charge >= 0.3 is 0 Å². The Morgan fingerprint density at radius 1 is 1.37 bits per heavy atom. The highest BCUT2D eigenvalue weighted by Crippen LogP contribution is 2.16. The fraction of sp³-hybridized carbons (Fsp3) is 0.143. The summed E-state index contributed by atoms with van der Waals surface area (Å²) in [5, 5.41) is 3.01. The molecular formula is C14H12ClFN2O. The van der Waals surface area contributed by atoms with Gasteiger partial charge in [-0.1, -0.05) is 17.7 Å². The summed E-state index contributed by atoms with van der Waals surface area (Å²) >= 11 is 5.65. The molecule has 0 spiro atoms. The fourth-order valence-electron chi connectivity index (χ4n) is 1.67. The molecule has 5 heteroatoms. The van der Waals surface area contributed by atoms with Crippen molar-refractivity contribution in [2.75, 3.05) is 5.32 Å². The fourth-order valence-corrected chi connectivity index (χ4v) is 1.83. The molecule has 1 aromatic heterocycles. The van der Waals surface area contributed by atoms with Gasteiger partial charge < -0.3 is 5.32 Å². The molecule has 3 nitrogen and oxygen atoms in total. The highest BCUT2D eigenvalue weighted by Gasteiger charge is 2.09. The first-order valence-electron chi connectivity index (χ1n) is 5.71. The zero-order chi connectivity index (χ0) is 13.8. The molecule has 0 aliphatic rings. The number of nitrogens with zero attached hydrogens (tertiary/aromatic N) is 1. The molecule has 0 radical (unpaired) electrons. The van der Waals surface area contributed by atoms with Gasteiger partial charge in [0, 0.05) is 22.6 Å². The van der Waals surface area contributed by atoms with Gasteiger partial charge in [0.2, 0.25) is 5.91 Å². The van der Waals surface area contributed by atoms with Crippen molar-refractivity contribution in [3.05, 3.63) is 58.6 Å². The first-order chi connectivity index (χ1) is 9.04. The van der Waals surface area contributed by atoms with Crippen LogP contribution in [0.3, 0.4) is 0 Å². The van der Waals surface area contributed by atoms with E-state index in [4.69, 9.17) is 11.6 Å². The minimum atomic E-state index is -0.478. The number of hydrogen-bond acceptors (Lipinski definition) is 2. The number of carbonyl (C=O) groups excluding carboxylic acids is 1. The van der Waals surface area contributed by atoms with Crippen LogP contribution >= 0.6 is 11.6 Å². The SMILES string of the molecule is Cc1cc(NC(=O)Cc2ccc(Cl)cc2F)ccn1. The van der Waals surface area contributed by atoms with Gasteiger partial charge in [-0.05, 0) is 36.8 Å². The molecule has 0 saturated heterocycles. The summed E-state index contributed by atoms with van der Waals surface area (Å²) in [6.07, 6.45) is 1.57. The van der Waals surface area contributed by atoms with Crippen molar-refractivity contribution in [1.29, 1.82) is 0 Å². The number of benzene rings is 1. The van der Waals surface area contributed by atoms with Crippen LogP contribution in [0.15, 0.2) is 36.5 Å². The smallest absolute Gasteiger partial charge is 0.228 e. The zero-order valence-electron chi connectivity index (χ0n) is 10.3. The Morgan fingerprint density at radius 3 is 2.84 bits per heavy atom. The maximum Gasteiger partial charge on any atom is 0.228 e. The molecule has 1 N–H and O–H groups in total. The summed E-state index contributed by atoms with van der Waals surface area (Å²) in [4.78, 5) is 15.8. The van der Waals surface area contributed by atoms with Crippen molar-refractivity contribution >= 4 is 23.2 Å². The molecule has 0 unspecified atom stereocenters. The molecule has 98 valence electrons. The van der Waals surface area contributed by atoms with E-state index in [0.29, 0.717) is 16.3 Å². The van der Waals surface area contributed by atoms with Gasteiger partial charge in [-0.15, -0.1) is 0 Å². The molecule has 1 aromatic carbocycles. The van der Waals surface area contributed by atoms with Gasteiger partial charge in [0.25, 0.3) is 0 Å². The first-order valence-corrected chi connectivity index (χ1v) is 6.09. The molecule has 0 saturated carbocycles. The molecule has 0 atom stereocenters. The Bertz CT molecular complexity index is 616. The summed E-state index contributed by atoms with van der Waals surface area (Å²) in [6.45, 7) is 1.83. The van der Waals surface area contributed by atoms with Crippen LogP contribution in [0.1, 0.15) is 11.3 Å². The quantitative estimate of drug-likeness (QED) is 0.935. The molecule has 2 rings (SSSR count). The van der Waals surface area contributed by atoms with Crippen LogP contribution in [0.25, 0.3) is 0 Å². The molecule has 0 aliphatic carbocycles. The highest BCUT2D eigenvalue weighted by molar-refractivity contribution is 6.30. The molecule has 0 fully saturated rings. The van der Waals surface area contributed by atoms with Gasteiger partial charge in [0.05, 0.1) is 6.42 Å². The van der Waals surface area contributed by atoms with E-state index in [9.17, 15) is 9.18 Å². The van der Waals surface area contributed by atoms with E-state index in [1.54, 1.807) is 24.4 Å². The monoisotopic (exact) mass is 278 g/mol. The average Bonchev–Trinajstić information content (AvgIpc) is 2.33. The number of rotatable bonds is 3. The summed E-state index contributed by atoms with van der Waals surface area (Å²) < 4.78 is 13.5. The number of aromatic nitrogens is 1. The van der Waals surface area contributed by atoms with Crippen molar-refractivity contribution in [2.45, 2.75) is 13.3 Å². The van der Waals surface area contributed by atoms with Gasteiger partial charge in [0.1, 0.15) is 5.82 Å². The summed E-state index contributed by atoms with van der Waals surface area (Å²) in [7, 11) is 0. The lowest BCUT2D eigenvalue weighted by atomic mass is 10.1. The van der Waals surface area contributed by atoms with Crippen molar-refractivity contribution in [2.24, 2.45) is 0 Å². The third-order valence-corrected chi connectivity index (χ3v) is 2.78. The van der Waals surface area contributed by atoms with Crippen molar-refractivity contribution in [3.8, 4) is 0 Å². The lowest BCUT2D eigenvalue weighted by Gasteiger charge is -2.06. The lowest BCUT2D eigenvalue weighted by molar-refractivity contribution is -0.115. The number of nitrogens with one attached hydrogen (secondary N) is 1. The van der Waals surface area contributed by atoms with Crippen molar-refractivity contribution in [1.82, 2.24) is 4.98 Å². The molecule has 19 heavy (non-hydrogen) atoms. The normalized spacial score (nSPS) is 10.3. The maximum atomic E-state index is 13.5. The van der Waals surface area contributed by atoms with Crippen LogP contribution in [0.4, 0.5) is 10.1 Å². The summed E-state index contributed by atoms with van der Waals surface area (Å²) in [6, 6.07) is 7.69. The second-order valence-corrected chi connectivity index (χ2v) is 4.58. The van der Waals surface area contributed by atoms with Crippen LogP contribution < -0.4 is 5.32 Å². The van der Waals surface area contributed by atoms with Crippen LogP contribution in [-0.4, -0.2) is 10.9 Å². The molecular weight excluding hydrogens is 267 g/mol. The maximum absolute atomic E-state index is 13.5. The number of pyridine rings is 1. The predicted molar refractivity (Wildman–Crippen MR) is 72.7 cm³/mol. The number of anilines is 1. The number of aryl methyl sites for hydroxylation is 1. The van der Waals surface area contributed by atoms with E-state index in [1.165, 1.54) is 12.1 Å². The predicted octanol–water partition coefficient (Wildman–Crippen LogP) is 3.36. The van der Waals surface area contributed by atoms with Crippen molar-refractivity contribution in [3.63, 3.8) is 0 Å². The van der Waals surface area contributed by atoms with Crippen LogP contribution in [0, 0.1) is 12.7 Å². The minimum absolute atomic E-state index is 0.0373. The third kappa shape index (κ3) is 3.76. The second kappa shape index (κ2) is 5.80. The number of carbonyl (C=O) groups is 1. The topological polar surface area (TPSA) is 42.0 Å². The molecule has 1 heterocycles.